The van der Waals surface area contributed by atoms with E-state index >= 15 is 0 Å². The van der Waals surface area contributed by atoms with Gasteiger partial charge >= 0.3 is 0 Å². The van der Waals surface area contributed by atoms with Gasteiger partial charge in [0.1, 0.15) is 11.5 Å². The highest BCUT2D eigenvalue weighted by atomic mass is 79.9. The highest BCUT2D eigenvalue weighted by molar-refractivity contribution is 9.10. The first-order chi connectivity index (χ1) is 8.17. The van der Waals surface area contributed by atoms with Crippen molar-refractivity contribution in [2.75, 3.05) is 27.9 Å². The average molecular weight is 304 g/mol. The van der Waals surface area contributed by atoms with Gasteiger partial charge in [0.25, 0.3) is 0 Å². The molecule has 0 aliphatic carbocycles. The highest BCUT2D eigenvalue weighted by Crippen LogP contribution is 2.36. The quantitative estimate of drug-likeness (QED) is 0.845. The van der Waals surface area contributed by atoms with Crippen molar-refractivity contribution in [1.29, 1.82) is 0 Å². The molecule has 0 saturated carbocycles. The smallest absolute Gasteiger partial charge is 0.136 e. The van der Waals surface area contributed by atoms with E-state index in [9.17, 15) is 0 Å². The number of ether oxygens (including phenoxy) is 2. The zero-order chi connectivity index (χ0) is 12.8. The number of methoxy groups -OCH3 is 2. The monoisotopic (exact) mass is 303 g/mol. The largest absolute Gasteiger partial charge is 0.496 e. The van der Waals surface area contributed by atoms with Crippen molar-refractivity contribution in [2.24, 2.45) is 0 Å². The Labute approximate surface area is 110 Å². The molecule has 0 fully saturated rings. The maximum absolute atomic E-state index is 9.05. The van der Waals surface area contributed by atoms with E-state index < -0.39 is 0 Å². The molecule has 0 bridgehead atoms. The van der Waals surface area contributed by atoms with Crippen molar-refractivity contribution in [3.63, 3.8) is 0 Å². The van der Waals surface area contributed by atoms with Crippen molar-refractivity contribution in [2.45, 2.75) is 12.5 Å². The van der Waals surface area contributed by atoms with Crippen molar-refractivity contribution in [3.8, 4) is 11.5 Å². The van der Waals surface area contributed by atoms with E-state index in [1.165, 1.54) is 0 Å². The van der Waals surface area contributed by atoms with E-state index in [-0.39, 0.29) is 12.6 Å². The van der Waals surface area contributed by atoms with Gasteiger partial charge in [0.15, 0.2) is 0 Å². The molecule has 1 atom stereocenters. The van der Waals surface area contributed by atoms with Crippen LogP contribution < -0.4 is 14.8 Å². The summed E-state index contributed by atoms with van der Waals surface area (Å²) >= 11 is 3.45. The van der Waals surface area contributed by atoms with Crippen LogP contribution in [0, 0.1) is 0 Å². The molecular formula is C12H18BrNO3. The zero-order valence-corrected chi connectivity index (χ0v) is 11.9. The van der Waals surface area contributed by atoms with E-state index in [0.29, 0.717) is 6.42 Å². The molecule has 0 aliphatic heterocycles. The van der Waals surface area contributed by atoms with E-state index in [2.05, 4.69) is 21.2 Å². The molecular weight excluding hydrogens is 286 g/mol. The van der Waals surface area contributed by atoms with Gasteiger partial charge < -0.3 is 19.9 Å². The maximum Gasteiger partial charge on any atom is 0.136 e. The number of aliphatic hydroxyl groups excluding tert-OH is 1. The minimum Gasteiger partial charge on any atom is -0.496 e. The Morgan fingerprint density at radius 1 is 1.29 bits per heavy atom. The second kappa shape index (κ2) is 6.83. The summed E-state index contributed by atoms with van der Waals surface area (Å²) in [5.41, 5.74) is 0.997. The van der Waals surface area contributed by atoms with Crippen molar-refractivity contribution in [1.82, 2.24) is 5.32 Å². The Morgan fingerprint density at radius 3 is 2.41 bits per heavy atom. The van der Waals surface area contributed by atoms with Crippen LogP contribution in [0.5, 0.6) is 11.5 Å². The first-order valence-corrected chi connectivity index (χ1v) is 6.16. The van der Waals surface area contributed by atoms with Gasteiger partial charge in [-0.05, 0) is 35.5 Å². The third kappa shape index (κ3) is 3.34. The highest BCUT2D eigenvalue weighted by Gasteiger charge is 2.17. The fourth-order valence-electron chi connectivity index (χ4n) is 1.74. The number of halogens is 1. The predicted octanol–water partition coefficient (Wildman–Crippen LogP) is 2.11. The third-order valence-electron chi connectivity index (χ3n) is 2.65. The molecule has 0 saturated heterocycles. The van der Waals surface area contributed by atoms with E-state index in [0.717, 1.165) is 21.5 Å². The predicted molar refractivity (Wildman–Crippen MR) is 70.7 cm³/mol. The second-order valence-electron chi connectivity index (χ2n) is 3.58. The third-order valence-corrected chi connectivity index (χ3v) is 3.27. The second-order valence-corrected chi connectivity index (χ2v) is 4.44. The molecule has 0 amide bonds. The summed E-state index contributed by atoms with van der Waals surface area (Å²) in [6, 6.07) is 3.84. The van der Waals surface area contributed by atoms with Crippen LogP contribution in [0.15, 0.2) is 16.6 Å². The SMILES string of the molecule is CNC(CCO)c1cc(Br)c(OC)cc1OC. The number of aliphatic hydroxyl groups is 1. The van der Waals surface area contributed by atoms with Crippen molar-refractivity contribution >= 4 is 15.9 Å². The summed E-state index contributed by atoms with van der Waals surface area (Å²) in [6.07, 6.45) is 0.631. The average Bonchev–Trinajstić information content (AvgIpc) is 2.35. The molecule has 0 aliphatic rings. The number of hydrogen-bond donors (Lipinski definition) is 2. The molecule has 96 valence electrons. The Kier molecular flexibility index (Phi) is 5.74. The lowest BCUT2D eigenvalue weighted by atomic mass is 10.0. The molecule has 0 radical (unpaired) electrons. The number of hydrogen-bond acceptors (Lipinski definition) is 4. The summed E-state index contributed by atoms with van der Waals surface area (Å²) in [5, 5.41) is 12.2. The molecule has 1 unspecified atom stereocenters. The van der Waals surface area contributed by atoms with Crippen LogP contribution in [-0.2, 0) is 0 Å². The van der Waals surface area contributed by atoms with Gasteiger partial charge in [-0.1, -0.05) is 0 Å². The molecule has 4 nitrogen and oxygen atoms in total. The van der Waals surface area contributed by atoms with Crippen LogP contribution in [0.1, 0.15) is 18.0 Å². The lowest BCUT2D eigenvalue weighted by Gasteiger charge is -2.20. The number of nitrogens with one attached hydrogen (secondary N) is 1. The molecule has 1 aromatic carbocycles. The summed E-state index contributed by atoms with van der Waals surface area (Å²) in [4.78, 5) is 0. The Morgan fingerprint density at radius 2 is 1.94 bits per heavy atom. The Bertz CT molecular complexity index is 371. The summed E-state index contributed by atoms with van der Waals surface area (Å²) < 4.78 is 11.4. The molecule has 1 aromatic rings. The molecule has 2 N–H and O–H groups in total. The van der Waals surface area contributed by atoms with Crippen LogP contribution >= 0.6 is 15.9 Å². The normalized spacial score (nSPS) is 12.3. The summed E-state index contributed by atoms with van der Waals surface area (Å²) in [5.74, 6) is 1.47. The van der Waals surface area contributed by atoms with E-state index in [1.807, 2.05) is 19.2 Å². The van der Waals surface area contributed by atoms with Gasteiger partial charge in [-0.15, -0.1) is 0 Å². The van der Waals surface area contributed by atoms with Gasteiger partial charge in [0.2, 0.25) is 0 Å². The lowest BCUT2D eigenvalue weighted by molar-refractivity contribution is 0.266. The molecule has 5 heteroatoms. The Hall–Kier alpha value is -0.780. The lowest BCUT2D eigenvalue weighted by Crippen LogP contribution is -2.18. The van der Waals surface area contributed by atoms with Crippen LogP contribution in [0.4, 0.5) is 0 Å². The van der Waals surface area contributed by atoms with Gasteiger partial charge in [0, 0.05) is 24.3 Å². The fourth-order valence-corrected chi connectivity index (χ4v) is 2.26. The maximum atomic E-state index is 9.05. The van der Waals surface area contributed by atoms with Gasteiger partial charge in [-0.2, -0.15) is 0 Å². The van der Waals surface area contributed by atoms with Crippen LogP contribution in [0.25, 0.3) is 0 Å². The first-order valence-electron chi connectivity index (χ1n) is 5.37. The van der Waals surface area contributed by atoms with Gasteiger partial charge in [-0.25, -0.2) is 0 Å². The summed E-state index contributed by atoms with van der Waals surface area (Å²) in [6.45, 7) is 0.123. The molecule has 1 rings (SSSR count). The van der Waals surface area contributed by atoms with Crippen molar-refractivity contribution in [3.05, 3.63) is 22.2 Å². The van der Waals surface area contributed by atoms with Crippen LogP contribution in [-0.4, -0.2) is 33.0 Å². The summed E-state index contributed by atoms with van der Waals surface area (Å²) in [7, 11) is 5.10. The van der Waals surface area contributed by atoms with Gasteiger partial charge in [0.05, 0.1) is 18.7 Å². The number of rotatable bonds is 6. The fraction of sp³-hybridized carbons (Fsp3) is 0.500. The van der Waals surface area contributed by atoms with Crippen LogP contribution in [0.3, 0.4) is 0 Å². The topological polar surface area (TPSA) is 50.7 Å². The molecule has 0 aromatic heterocycles. The first kappa shape index (κ1) is 14.3. The standard InChI is InChI=1S/C12H18BrNO3/c1-14-10(4-5-15)8-6-9(13)12(17-3)7-11(8)16-2/h6-7,10,14-15H,4-5H2,1-3H3. The van der Waals surface area contributed by atoms with E-state index in [4.69, 9.17) is 14.6 Å². The minimum absolute atomic E-state index is 0.0529. The van der Waals surface area contributed by atoms with Crippen LogP contribution in [0.2, 0.25) is 0 Å². The van der Waals surface area contributed by atoms with Crippen molar-refractivity contribution < 1.29 is 14.6 Å². The minimum atomic E-state index is 0.0529. The van der Waals surface area contributed by atoms with E-state index in [1.54, 1.807) is 14.2 Å². The van der Waals surface area contributed by atoms with Gasteiger partial charge in [-0.3, -0.25) is 0 Å². The molecule has 17 heavy (non-hydrogen) atoms. The zero-order valence-electron chi connectivity index (χ0n) is 10.3. The molecule has 0 spiro atoms. The number of benzene rings is 1. The molecule has 0 heterocycles. The Balaban J connectivity index is 3.16.